The Balaban J connectivity index is 1.21. The summed E-state index contributed by atoms with van der Waals surface area (Å²) in [4.78, 5) is 39.3. The van der Waals surface area contributed by atoms with Gasteiger partial charge in [0.05, 0.1) is 13.1 Å². The quantitative estimate of drug-likeness (QED) is 0.392. The Kier molecular flexibility index (Phi) is 6.78. The standard InChI is InChI=1S/C27H25ClN6O3/c28-20-4-3-5-21(14-20)34-13-11-23(27(34)37)30-26(36)22-17-33(31-25(22)29)16-19-9-7-18(8-10-19)15-32-12-2-1-6-24(32)35/h1-10,12,14,17,23H,11,13,15-16H2,(H2,29,31)(H,30,36)/t23-/m0/s1. The summed E-state index contributed by atoms with van der Waals surface area (Å²) < 4.78 is 3.23. The zero-order valence-electron chi connectivity index (χ0n) is 19.9. The third-order valence-corrected chi connectivity index (χ3v) is 6.52. The summed E-state index contributed by atoms with van der Waals surface area (Å²) in [5.74, 6) is -0.548. The molecule has 37 heavy (non-hydrogen) atoms. The van der Waals surface area contributed by atoms with Crippen molar-refractivity contribution >= 4 is 34.9 Å². The van der Waals surface area contributed by atoms with Gasteiger partial charge >= 0.3 is 0 Å². The highest BCUT2D eigenvalue weighted by molar-refractivity contribution is 6.31. The van der Waals surface area contributed by atoms with E-state index in [-0.39, 0.29) is 22.8 Å². The van der Waals surface area contributed by atoms with E-state index in [9.17, 15) is 14.4 Å². The molecule has 9 nitrogen and oxygen atoms in total. The number of carbonyl (C=O) groups excluding carboxylic acids is 2. The van der Waals surface area contributed by atoms with Gasteiger partial charge in [-0.05, 0) is 41.8 Å². The molecule has 1 atom stereocenters. The lowest BCUT2D eigenvalue weighted by Gasteiger charge is -2.17. The van der Waals surface area contributed by atoms with Gasteiger partial charge in [0.2, 0.25) is 5.91 Å². The SMILES string of the molecule is Nc1nn(Cc2ccc(Cn3ccccc3=O)cc2)cc1C(=O)N[C@H]1CCN(c2cccc(Cl)c2)C1=O. The van der Waals surface area contributed by atoms with Crippen molar-refractivity contribution in [1.82, 2.24) is 19.7 Å². The Labute approximate surface area is 218 Å². The van der Waals surface area contributed by atoms with E-state index in [1.807, 2.05) is 36.4 Å². The minimum absolute atomic E-state index is 0.0547. The summed E-state index contributed by atoms with van der Waals surface area (Å²) in [6.07, 6.45) is 3.81. The molecule has 0 saturated carbocycles. The van der Waals surface area contributed by atoms with E-state index >= 15 is 0 Å². The molecule has 4 aromatic rings. The summed E-state index contributed by atoms with van der Waals surface area (Å²) in [7, 11) is 0. The van der Waals surface area contributed by atoms with E-state index < -0.39 is 11.9 Å². The molecule has 0 bridgehead atoms. The van der Waals surface area contributed by atoms with Crippen LogP contribution in [-0.2, 0) is 17.9 Å². The number of nitrogens with zero attached hydrogens (tertiary/aromatic N) is 4. The second-order valence-electron chi connectivity index (χ2n) is 8.89. The lowest BCUT2D eigenvalue weighted by atomic mass is 10.1. The zero-order valence-corrected chi connectivity index (χ0v) is 20.6. The number of hydrogen-bond donors (Lipinski definition) is 2. The Bertz CT molecular complexity index is 1510. The molecule has 0 unspecified atom stereocenters. The van der Waals surface area contributed by atoms with Crippen LogP contribution < -0.4 is 21.5 Å². The van der Waals surface area contributed by atoms with Gasteiger partial charge in [-0.1, -0.05) is 48.0 Å². The number of amides is 2. The number of anilines is 2. The van der Waals surface area contributed by atoms with E-state index in [1.165, 1.54) is 6.07 Å². The number of carbonyl (C=O) groups is 2. The predicted molar refractivity (Wildman–Crippen MR) is 142 cm³/mol. The lowest BCUT2D eigenvalue weighted by Crippen LogP contribution is -2.41. The maximum absolute atomic E-state index is 12.9. The highest BCUT2D eigenvalue weighted by atomic mass is 35.5. The Morgan fingerprint density at radius 1 is 1.03 bits per heavy atom. The van der Waals surface area contributed by atoms with Crippen LogP contribution in [0.2, 0.25) is 5.02 Å². The zero-order chi connectivity index (χ0) is 25.9. The van der Waals surface area contributed by atoms with Crippen LogP contribution in [0.3, 0.4) is 0 Å². The van der Waals surface area contributed by atoms with Crippen LogP contribution >= 0.6 is 11.6 Å². The molecule has 0 aliphatic carbocycles. The fourth-order valence-corrected chi connectivity index (χ4v) is 4.55. The van der Waals surface area contributed by atoms with Crippen LogP contribution in [0, 0.1) is 0 Å². The van der Waals surface area contributed by atoms with Gasteiger partial charge < -0.3 is 20.5 Å². The molecular weight excluding hydrogens is 492 g/mol. The summed E-state index contributed by atoms with van der Waals surface area (Å²) in [6, 6.07) is 19.3. The number of nitrogens with two attached hydrogens (primary N) is 1. The molecule has 10 heteroatoms. The molecular formula is C27H25ClN6O3. The maximum atomic E-state index is 12.9. The van der Waals surface area contributed by atoms with Crippen molar-refractivity contribution in [3.8, 4) is 0 Å². The predicted octanol–water partition coefficient (Wildman–Crippen LogP) is 2.91. The van der Waals surface area contributed by atoms with Gasteiger partial charge in [0.25, 0.3) is 11.5 Å². The Hall–Kier alpha value is -4.37. The van der Waals surface area contributed by atoms with Crippen LogP contribution in [0.1, 0.15) is 27.9 Å². The number of benzene rings is 2. The van der Waals surface area contributed by atoms with E-state index in [0.29, 0.717) is 36.8 Å². The van der Waals surface area contributed by atoms with Crippen molar-refractivity contribution in [2.45, 2.75) is 25.6 Å². The monoisotopic (exact) mass is 516 g/mol. The van der Waals surface area contributed by atoms with Gasteiger partial charge in [0.1, 0.15) is 11.6 Å². The summed E-state index contributed by atoms with van der Waals surface area (Å²) in [5.41, 5.74) is 8.84. The molecule has 1 aliphatic rings. The first-order chi connectivity index (χ1) is 17.9. The second-order valence-corrected chi connectivity index (χ2v) is 9.33. The number of aromatic nitrogens is 3. The molecule has 1 fully saturated rings. The van der Waals surface area contributed by atoms with Crippen LogP contribution in [-0.4, -0.2) is 38.7 Å². The molecule has 3 N–H and O–H groups in total. The van der Waals surface area contributed by atoms with E-state index in [1.54, 1.807) is 50.8 Å². The minimum Gasteiger partial charge on any atom is -0.382 e. The number of nitrogens with one attached hydrogen (secondary N) is 1. The Morgan fingerprint density at radius 3 is 2.51 bits per heavy atom. The first-order valence-electron chi connectivity index (χ1n) is 11.8. The van der Waals surface area contributed by atoms with Crippen LogP contribution in [0.25, 0.3) is 0 Å². The average Bonchev–Trinajstić information content (AvgIpc) is 3.43. The Morgan fingerprint density at radius 2 is 1.78 bits per heavy atom. The van der Waals surface area contributed by atoms with Crippen LogP contribution in [0.15, 0.2) is 83.9 Å². The van der Waals surface area contributed by atoms with Crippen molar-refractivity contribution < 1.29 is 9.59 Å². The summed E-state index contributed by atoms with van der Waals surface area (Å²) in [5, 5.41) is 7.60. The molecule has 2 amide bonds. The first kappa shape index (κ1) is 24.3. The lowest BCUT2D eigenvalue weighted by molar-refractivity contribution is -0.118. The van der Waals surface area contributed by atoms with E-state index in [4.69, 9.17) is 17.3 Å². The molecule has 0 spiro atoms. The molecule has 5 rings (SSSR count). The summed E-state index contributed by atoms with van der Waals surface area (Å²) in [6.45, 7) is 1.37. The van der Waals surface area contributed by atoms with Crippen molar-refractivity contribution in [3.63, 3.8) is 0 Å². The molecule has 188 valence electrons. The average molecular weight is 517 g/mol. The van der Waals surface area contributed by atoms with E-state index in [2.05, 4.69) is 10.4 Å². The maximum Gasteiger partial charge on any atom is 0.257 e. The molecule has 2 aromatic carbocycles. The van der Waals surface area contributed by atoms with Gasteiger partial charge in [-0.2, -0.15) is 5.10 Å². The molecule has 2 aromatic heterocycles. The number of pyridine rings is 1. The highest BCUT2D eigenvalue weighted by Crippen LogP contribution is 2.25. The van der Waals surface area contributed by atoms with E-state index in [0.717, 1.165) is 11.1 Å². The number of nitrogen functional groups attached to an aromatic ring is 1. The van der Waals surface area contributed by atoms with Gasteiger partial charge in [-0.15, -0.1) is 0 Å². The van der Waals surface area contributed by atoms with Crippen molar-refractivity contribution in [1.29, 1.82) is 0 Å². The van der Waals surface area contributed by atoms with Gasteiger partial charge in [0.15, 0.2) is 5.82 Å². The highest BCUT2D eigenvalue weighted by Gasteiger charge is 2.34. The van der Waals surface area contributed by atoms with Gasteiger partial charge in [-0.25, -0.2) is 0 Å². The van der Waals surface area contributed by atoms with Gasteiger partial charge in [0, 0.05) is 35.7 Å². The third-order valence-electron chi connectivity index (χ3n) is 6.29. The number of rotatable bonds is 7. The van der Waals surface area contributed by atoms with Gasteiger partial charge in [-0.3, -0.25) is 19.1 Å². The number of hydrogen-bond acceptors (Lipinski definition) is 5. The molecule has 1 saturated heterocycles. The van der Waals surface area contributed by atoms with Crippen molar-refractivity contribution in [3.05, 3.63) is 111 Å². The molecule has 0 radical (unpaired) electrons. The summed E-state index contributed by atoms with van der Waals surface area (Å²) >= 11 is 6.05. The first-order valence-corrected chi connectivity index (χ1v) is 12.2. The fourth-order valence-electron chi connectivity index (χ4n) is 4.37. The largest absolute Gasteiger partial charge is 0.382 e. The van der Waals surface area contributed by atoms with Crippen LogP contribution in [0.4, 0.5) is 11.5 Å². The topological polar surface area (TPSA) is 115 Å². The fraction of sp³-hybridized carbons (Fsp3) is 0.185. The normalized spacial score (nSPS) is 15.2. The molecule has 1 aliphatic heterocycles. The smallest absolute Gasteiger partial charge is 0.257 e. The minimum atomic E-state index is -0.654. The van der Waals surface area contributed by atoms with Crippen molar-refractivity contribution in [2.75, 3.05) is 17.2 Å². The molecule has 3 heterocycles. The third kappa shape index (κ3) is 5.41. The number of halogens is 1. The second kappa shape index (κ2) is 10.3. The van der Waals surface area contributed by atoms with Crippen molar-refractivity contribution in [2.24, 2.45) is 0 Å². The van der Waals surface area contributed by atoms with Crippen LogP contribution in [0.5, 0.6) is 0 Å².